The molecule has 0 radical (unpaired) electrons. The number of rotatable bonds is 2. The first-order valence-electron chi connectivity index (χ1n) is 3.66. The van der Waals surface area contributed by atoms with Crippen molar-refractivity contribution in [2.75, 3.05) is 6.26 Å². The van der Waals surface area contributed by atoms with Gasteiger partial charge in [0.15, 0.2) is 21.5 Å². The summed E-state index contributed by atoms with van der Waals surface area (Å²) in [6, 6.07) is 1.42. The van der Waals surface area contributed by atoms with Gasteiger partial charge in [-0.3, -0.25) is 0 Å². The summed E-state index contributed by atoms with van der Waals surface area (Å²) in [5, 5.41) is 8.43. The Balaban J connectivity index is 3.55. The normalized spacial score (nSPS) is 11.4. The summed E-state index contributed by atoms with van der Waals surface area (Å²) < 4.78 is 48.0. The molecule has 0 spiro atoms. The van der Waals surface area contributed by atoms with Crippen LogP contribution >= 0.6 is 0 Å². The summed E-state index contributed by atoms with van der Waals surface area (Å²) in [6.45, 7) is 0. The lowest BCUT2D eigenvalue weighted by Crippen LogP contribution is -2.08. The lowest BCUT2D eigenvalue weighted by atomic mass is 10.2. The average molecular weight is 236 g/mol. The van der Waals surface area contributed by atoms with Crippen LogP contribution < -0.4 is 0 Å². The van der Waals surface area contributed by atoms with Gasteiger partial charge in [0.1, 0.15) is 4.90 Å². The van der Waals surface area contributed by atoms with Crippen LogP contribution in [0.4, 0.5) is 8.78 Å². The minimum absolute atomic E-state index is 0.700. The quantitative estimate of drug-likeness (QED) is 0.833. The van der Waals surface area contributed by atoms with Crippen molar-refractivity contribution in [2.24, 2.45) is 0 Å². The van der Waals surface area contributed by atoms with Crippen LogP contribution in [0.2, 0.25) is 0 Å². The average Bonchev–Trinajstić information content (AvgIpc) is 2.06. The first-order chi connectivity index (χ1) is 6.75. The van der Waals surface area contributed by atoms with Gasteiger partial charge >= 0.3 is 5.97 Å². The van der Waals surface area contributed by atoms with E-state index in [1.54, 1.807) is 0 Å². The Morgan fingerprint density at radius 1 is 1.27 bits per heavy atom. The predicted octanol–water partition coefficient (Wildman–Crippen LogP) is 1.07. The molecular formula is C8H6F2O4S. The van der Waals surface area contributed by atoms with E-state index >= 15 is 0 Å². The molecule has 0 heterocycles. The molecule has 1 rings (SSSR count). The molecular weight excluding hydrogens is 230 g/mol. The van der Waals surface area contributed by atoms with E-state index in [9.17, 15) is 22.0 Å². The van der Waals surface area contributed by atoms with Crippen LogP contribution in [0.25, 0.3) is 0 Å². The summed E-state index contributed by atoms with van der Waals surface area (Å²) in [7, 11) is -3.91. The highest BCUT2D eigenvalue weighted by Crippen LogP contribution is 2.20. The van der Waals surface area contributed by atoms with Gasteiger partial charge in [-0.1, -0.05) is 0 Å². The van der Waals surface area contributed by atoms with Gasteiger partial charge in [-0.25, -0.2) is 22.0 Å². The van der Waals surface area contributed by atoms with Crippen molar-refractivity contribution in [1.82, 2.24) is 0 Å². The van der Waals surface area contributed by atoms with Crippen LogP contribution in [0, 0.1) is 11.6 Å². The van der Waals surface area contributed by atoms with E-state index in [-0.39, 0.29) is 0 Å². The minimum atomic E-state index is -3.91. The number of carboxylic acids is 1. The van der Waals surface area contributed by atoms with Gasteiger partial charge in [-0.05, 0) is 12.1 Å². The maximum absolute atomic E-state index is 13.1. The van der Waals surface area contributed by atoms with Crippen molar-refractivity contribution in [3.05, 3.63) is 29.3 Å². The summed E-state index contributed by atoms with van der Waals surface area (Å²) in [6.07, 6.45) is 0.700. The Hall–Kier alpha value is -1.50. The largest absolute Gasteiger partial charge is 0.478 e. The standard InChI is InChI=1S/C8H6F2O4S/c1-15(13,14)5-3-2-4(8(11)12)6(9)7(5)10/h2-3H,1H3,(H,11,12). The van der Waals surface area contributed by atoms with Gasteiger partial charge in [-0.15, -0.1) is 0 Å². The fraction of sp³-hybridized carbons (Fsp3) is 0.125. The molecule has 7 heteroatoms. The van der Waals surface area contributed by atoms with E-state index in [4.69, 9.17) is 5.11 Å². The zero-order valence-corrected chi connectivity index (χ0v) is 8.31. The molecule has 0 aliphatic carbocycles. The second-order valence-corrected chi connectivity index (χ2v) is 4.80. The first kappa shape index (κ1) is 11.6. The molecule has 0 saturated carbocycles. The second-order valence-electron chi connectivity index (χ2n) is 2.82. The van der Waals surface area contributed by atoms with Gasteiger partial charge in [0, 0.05) is 6.26 Å². The van der Waals surface area contributed by atoms with Crippen molar-refractivity contribution in [3.63, 3.8) is 0 Å². The Kier molecular flexibility index (Phi) is 2.76. The van der Waals surface area contributed by atoms with E-state index in [1.165, 1.54) is 0 Å². The molecule has 0 aliphatic rings. The van der Waals surface area contributed by atoms with Crippen LogP contribution in [-0.2, 0) is 9.84 Å². The lowest BCUT2D eigenvalue weighted by molar-refractivity contribution is 0.0690. The Morgan fingerprint density at radius 2 is 1.80 bits per heavy atom. The monoisotopic (exact) mass is 236 g/mol. The highest BCUT2D eigenvalue weighted by Gasteiger charge is 2.22. The third-order valence-corrected chi connectivity index (χ3v) is 2.79. The number of carboxylic acid groups (broad SMARTS) is 1. The third kappa shape index (κ3) is 2.12. The smallest absolute Gasteiger partial charge is 0.338 e. The maximum Gasteiger partial charge on any atom is 0.338 e. The van der Waals surface area contributed by atoms with Crippen molar-refractivity contribution in [3.8, 4) is 0 Å². The number of halogens is 2. The number of sulfone groups is 1. The van der Waals surface area contributed by atoms with Crippen LogP contribution in [0.1, 0.15) is 10.4 Å². The Bertz CT molecular complexity index is 522. The number of carbonyl (C=O) groups is 1. The number of aromatic carboxylic acids is 1. The van der Waals surface area contributed by atoms with Crippen LogP contribution in [0.5, 0.6) is 0 Å². The number of benzene rings is 1. The molecule has 1 aromatic rings. The van der Waals surface area contributed by atoms with Crippen molar-refractivity contribution >= 4 is 15.8 Å². The summed E-state index contributed by atoms with van der Waals surface area (Å²) in [4.78, 5) is 9.52. The highest BCUT2D eigenvalue weighted by molar-refractivity contribution is 7.90. The zero-order valence-electron chi connectivity index (χ0n) is 7.49. The van der Waals surface area contributed by atoms with Gasteiger partial charge < -0.3 is 5.11 Å². The van der Waals surface area contributed by atoms with Crippen molar-refractivity contribution < 1.29 is 27.1 Å². The van der Waals surface area contributed by atoms with Crippen LogP contribution in [0.3, 0.4) is 0 Å². The molecule has 1 N–H and O–H groups in total. The molecule has 0 fully saturated rings. The Labute approximate surface area is 84.1 Å². The molecule has 1 aromatic carbocycles. The number of hydrogen-bond acceptors (Lipinski definition) is 3. The van der Waals surface area contributed by atoms with Crippen LogP contribution in [0.15, 0.2) is 17.0 Å². The molecule has 4 nitrogen and oxygen atoms in total. The molecule has 15 heavy (non-hydrogen) atoms. The molecule has 0 amide bonds. The molecule has 0 aromatic heterocycles. The fourth-order valence-electron chi connectivity index (χ4n) is 0.983. The summed E-state index contributed by atoms with van der Waals surface area (Å²) in [5.41, 5.74) is -0.903. The predicted molar refractivity (Wildman–Crippen MR) is 46.4 cm³/mol. The second kappa shape index (κ2) is 3.58. The van der Waals surface area contributed by atoms with E-state index in [1.807, 2.05) is 0 Å². The molecule has 0 atom stereocenters. The molecule has 0 unspecified atom stereocenters. The van der Waals surface area contributed by atoms with Crippen LogP contribution in [-0.4, -0.2) is 25.7 Å². The maximum atomic E-state index is 13.1. The van der Waals surface area contributed by atoms with Gasteiger partial charge in [0.05, 0.1) is 5.56 Å². The van der Waals surface area contributed by atoms with Crippen molar-refractivity contribution in [2.45, 2.75) is 4.90 Å². The lowest BCUT2D eigenvalue weighted by Gasteiger charge is -2.03. The highest BCUT2D eigenvalue weighted by atomic mass is 32.2. The van der Waals surface area contributed by atoms with Crippen molar-refractivity contribution in [1.29, 1.82) is 0 Å². The minimum Gasteiger partial charge on any atom is -0.478 e. The first-order valence-corrected chi connectivity index (χ1v) is 5.55. The van der Waals surface area contributed by atoms with E-state index in [2.05, 4.69) is 0 Å². The van der Waals surface area contributed by atoms with Gasteiger partial charge in [-0.2, -0.15) is 0 Å². The topological polar surface area (TPSA) is 71.4 Å². The summed E-state index contributed by atoms with van der Waals surface area (Å²) >= 11 is 0. The number of hydrogen-bond donors (Lipinski definition) is 1. The van der Waals surface area contributed by atoms with E-state index in [0.717, 1.165) is 6.07 Å². The fourth-order valence-corrected chi connectivity index (χ4v) is 1.71. The zero-order chi connectivity index (χ0) is 11.8. The van der Waals surface area contributed by atoms with Gasteiger partial charge in [0.25, 0.3) is 0 Å². The van der Waals surface area contributed by atoms with E-state index < -0.39 is 37.9 Å². The Morgan fingerprint density at radius 3 is 2.20 bits per heavy atom. The SMILES string of the molecule is CS(=O)(=O)c1ccc(C(=O)O)c(F)c1F. The molecule has 0 bridgehead atoms. The van der Waals surface area contributed by atoms with E-state index in [0.29, 0.717) is 12.3 Å². The summed E-state index contributed by atoms with van der Waals surface area (Å²) in [5.74, 6) is -5.01. The molecule has 0 saturated heterocycles. The molecule has 0 aliphatic heterocycles. The molecule has 82 valence electrons. The third-order valence-electron chi connectivity index (χ3n) is 1.68. The van der Waals surface area contributed by atoms with Gasteiger partial charge in [0.2, 0.25) is 0 Å².